The summed E-state index contributed by atoms with van der Waals surface area (Å²) >= 11 is 0. The fraction of sp³-hybridized carbons (Fsp3) is 0.714. The molecule has 0 unspecified atom stereocenters. The zero-order valence-electron chi connectivity index (χ0n) is 11.9. The van der Waals surface area contributed by atoms with Gasteiger partial charge in [-0.3, -0.25) is 14.3 Å². The molecule has 1 saturated heterocycles. The molecule has 1 aliphatic carbocycles. The van der Waals surface area contributed by atoms with Gasteiger partial charge in [-0.25, -0.2) is 4.79 Å². The van der Waals surface area contributed by atoms with Crippen molar-refractivity contribution in [3.8, 4) is 0 Å². The first-order valence-electron chi connectivity index (χ1n) is 7.36. The average Bonchev–Trinajstić information content (AvgIpc) is 3.04. The van der Waals surface area contributed by atoms with Gasteiger partial charge in [0.1, 0.15) is 18.3 Å². The van der Waals surface area contributed by atoms with Gasteiger partial charge in [-0.1, -0.05) is 12.8 Å². The van der Waals surface area contributed by atoms with E-state index < -0.39 is 35.7 Å². The molecule has 3 N–H and O–H groups in total. The molecule has 21 heavy (non-hydrogen) atoms. The molecule has 2 heterocycles. The lowest BCUT2D eigenvalue weighted by atomic mass is 10.0. The molecule has 0 amide bonds. The minimum absolute atomic E-state index is 0.0778. The van der Waals surface area contributed by atoms with E-state index in [0.29, 0.717) is 0 Å². The zero-order valence-corrected chi connectivity index (χ0v) is 11.9. The van der Waals surface area contributed by atoms with Crippen LogP contribution in [-0.4, -0.2) is 38.1 Å². The number of nitrogens with one attached hydrogen (secondary N) is 1. The summed E-state index contributed by atoms with van der Waals surface area (Å²) in [6.45, 7) is 1.63. The molecule has 2 aliphatic rings. The molecule has 4 atom stereocenters. The highest BCUT2D eigenvalue weighted by Gasteiger charge is 2.42. The lowest BCUT2D eigenvalue weighted by Crippen LogP contribution is -2.36. The van der Waals surface area contributed by atoms with Gasteiger partial charge in [-0.15, -0.1) is 0 Å². The zero-order chi connectivity index (χ0) is 15.1. The van der Waals surface area contributed by atoms with E-state index in [4.69, 9.17) is 4.74 Å². The third-order valence-electron chi connectivity index (χ3n) is 4.52. The molecule has 2 fully saturated rings. The highest BCUT2D eigenvalue weighted by atomic mass is 16.5. The third kappa shape index (κ3) is 2.45. The van der Waals surface area contributed by atoms with Gasteiger partial charge in [0.2, 0.25) is 0 Å². The number of aliphatic hydroxyl groups is 2. The van der Waals surface area contributed by atoms with Gasteiger partial charge in [-0.05, 0) is 19.8 Å². The lowest BCUT2D eigenvalue weighted by molar-refractivity contribution is 0.0137. The molecular formula is C14H20N2O5. The van der Waals surface area contributed by atoms with Gasteiger partial charge in [0, 0.05) is 12.2 Å². The third-order valence-corrected chi connectivity index (χ3v) is 4.52. The van der Waals surface area contributed by atoms with Crippen molar-refractivity contribution in [3.05, 3.63) is 32.6 Å². The Morgan fingerprint density at radius 3 is 2.48 bits per heavy atom. The topological polar surface area (TPSA) is 105 Å². The number of aromatic nitrogens is 2. The van der Waals surface area contributed by atoms with Crippen molar-refractivity contribution in [1.82, 2.24) is 9.55 Å². The maximum absolute atomic E-state index is 12.0. The van der Waals surface area contributed by atoms with Gasteiger partial charge in [0.25, 0.3) is 5.56 Å². The second kappa shape index (κ2) is 5.40. The number of H-pyrrole nitrogens is 1. The van der Waals surface area contributed by atoms with Gasteiger partial charge in [0.05, 0.1) is 11.7 Å². The lowest BCUT2D eigenvalue weighted by Gasteiger charge is -2.18. The van der Waals surface area contributed by atoms with E-state index in [2.05, 4.69) is 4.98 Å². The van der Waals surface area contributed by atoms with Crippen LogP contribution in [0.2, 0.25) is 0 Å². The fourth-order valence-electron chi connectivity index (χ4n) is 3.26. The van der Waals surface area contributed by atoms with E-state index in [1.54, 1.807) is 6.92 Å². The summed E-state index contributed by atoms with van der Waals surface area (Å²) in [5.74, 6) is 0. The van der Waals surface area contributed by atoms with Crippen LogP contribution in [-0.2, 0) is 4.74 Å². The second-order valence-electron chi connectivity index (χ2n) is 5.93. The highest BCUT2D eigenvalue weighted by molar-refractivity contribution is 5.14. The summed E-state index contributed by atoms with van der Waals surface area (Å²) in [5.41, 5.74) is -0.811. The van der Waals surface area contributed by atoms with Crippen LogP contribution in [0.3, 0.4) is 0 Å². The SMILES string of the molecule is C[C@H]1O[C@@H](c2cn(C3CCCC3)c(=O)[nH]c2=O)[C@H](O)[C@@H]1O. The van der Waals surface area contributed by atoms with E-state index in [1.165, 1.54) is 10.8 Å². The molecule has 0 radical (unpaired) electrons. The molecule has 0 bridgehead atoms. The maximum Gasteiger partial charge on any atom is 0.328 e. The molecule has 7 nitrogen and oxygen atoms in total. The molecule has 3 rings (SSSR count). The first kappa shape index (κ1) is 14.5. The van der Waals surface area contributed by atoms with Crippen molar-refractivity contribution < 1.29 is 14.9 Å². The van der Waals surface area contributed by atoms with Crippen LogP contribution in [0.4, 0.5) is 0 Å². The van der Waals surface area contributed by atoms with Crippen LogP contribution in [0.15, 0.2) is 15.8 Å². The highest BCUT2D eigenvalue weighted by Crippen LogP contribution is 2.33. The Balaban J connectivity index is 2.01. The van der Waals surface area contributed by atoms with Crippen molar-refractivity contribution in [1.29, 1.82) is 0 Å². The van der Waals surface area contributed by atoms with Crippen LogP contribution in [0.25, 0.3) is 0 Å². The van der Waals surface area contributed by atoms with Crippen molar-refractivity contribution in [3.63, 3.8) is 0 Å². The second-order valence-corrected chi connectivity index (χ2v) is 5.93. The van der Waals surface area contributed by atoms with Crippen molar-refractivity contribution >= 4 is 0 Å². The van der Waals surface area contributed by atoms with E-state index in [0.717, 1.165) is 25.7 Å². The summed E-state index contributed by atoms with van der Waals surface area (Å²) in [4.78, 5) is 26.3. The average molecular weight is 296 g/mol. The molecule has 1 saturated carbocycles. The minimum Gasteiger partial charge on any atom is -0.388 e. The van der Waals surface area contributed by atoms with E-state index >= 15 is 0 Å². The minimum atomic E-state index is -1.17. The van der Waals surface area contributed by atoms with E-state index in [1.807, 2.05) is 0 Å². The van der Waals surface area contributed by atoms with Crippen molar-refractivity contribution in [2.75, 3.05) is 0 Å². The maximum atomic E-state index is 12.0. The Bertz CT molecular complexity index is 631. The number of hydrogen-bond acceptors (Lipinski definition) is 5. The van der Waals surface area contributed by atoms with Crippen LogP contribution >= 0.6 is 0 Å². The summed E-state index contributed by atoms with van der Waals surface area (Å²) in [5, 5.41) is 19.8. The van der Waals surface area contributed by atoms with Gasteiger partial charge in [0.15, 0.2) is 0 Å². The van der Waals surface area contributed by atoms with Crippen LogP contribution < -0.4 is 11.2 Å². The number of rotatable bonds is 2. The molecular weight excluding hydrogens is 276 g/mol. The van der Waals surface area contributed by atoms with Gasteiger partial charge < -0.3 is 14.9 Å². The molecule has 7 heteroatoms. The summed E-state index contributed by atoms with van der Waals surface area (Å²) < 4.78 is 7.00. The monoisotopic (exact) mass is 296 g/mol. The predicted octanol–water partition coefficient (Wildman–Crippen LogP) is -0.167. The Kier molecular flexibility index (Phi) is 3.73. The van der Waals surface area contributed by atoms with Crippen molar-refractivity contribution in [2.24, 2.45) is 0 Å². The Labute approximate surface area is 121 Å². The molecule has 116 valence electrons. The van der Waals surface area contributed by atoms with Crippen LogP contribution in [0.1, 0.15) is 50.3 Å². The normalized spacial score (nSPS) is 33.7. The molecule has 1 aromatic rings. The largest absolute Gasteiger partial charge is 0.388 e. The van der Waals surface area contributed by atoms with E-state index in [-0.39, 0.29) is 11.6 Å². The van der Waals surface area contributed by atoms with Crippen molar-refractivity contribution in [2.45, 2.75) is 63.1 Å². The van der Waals surface area contributed by atoms with Crippen LogP contribution in [0, 0.1) is 0 Å². The molecule has 1 aromatic heterocycles. The molecule has 0 spiro atoms. The molecule has 0 aromatic carbocycles. The van der Waals surface area contributed by atoms with Gasteiger partial charge >= 0.3 is 5.69 Å². The first-order valence-corrected chi connectivity index (χ1v) is 7.36. The number of hydrogen-bond donors (Lipinski definition) is 3. The number of nitrogens with zero attached hydrogens (tertiary/aromatic N) is 1. The standard InChI is InChI=1S/C14H20N2O5/c1-7-10(17)11(18)12(21-7)9-6-16(8-4-2-3-5-8)14(20)15-13(9)19/h6-8,10-12,17-18H,2-5H2,1H3,(H,15,19,20)/t7-,10-,11-,12+/m1/s1. The first-order chi connectivity index (χ1) is 9.99. The Morgan fingerprint density at radius 1 is 1.24 bits per heavy atom. The van der Waals surface area contributed by atoms with Gasteiger partial charge in [-0.2, -0.15) is 0 Å². The molecule has 1 aliphatic heterocycles. The quantitative estimate of drug-likeness (QED) is 0.703. The summed E-state index contributed by atoms with van der Waals surface area (Å²) in [6.07, 6.45) is 1.72. The Hall–Kier alpha value is -1.44. The smallest absolute Gasteiger partial charge is 0.328 e. The summed E-state index contributed by atoms with van der Waals surface area (Å²) in [6, 6.07) is 0.0778. The predicted molar refractivity (Wildman–Crippen MR) is 74.1 cm³/mol. The number of ether oxygens (including phenoxy) is 1. The number of aliphatic hydroxyl groups excluding tert-OH is 2. The number of aromatic amines is 1. The fourth-order valence-corrected chi connectivity index (χ4v) is 3.26. The summed E-state index contributed by atoms with van der Waals surface area (Å²) in [7, 11) is 0. The van der Waals surface area contributed by atoms with Crippen LogP contribution in [0.5, 0.6) is 0 Å². The Morgan fingerprint density at radius 2 is 1.90 bits per heavy atom. The van der Waals surface area contributed by atoms with E-state index in [9.17, 15) is 19.8 Å².